The van der Waals surface area contributed by atoms with Crippen molar-refractivity contribution in [3.63, 3.8) is 0 Å². The summed E-state index contributed by atoms with van der Waals surface area (Å²) in [6.07, 6.45) is 1.98. The molecule has 2 aromatic rings. The summed E-state index contributed by atoms with van der Waals surface area (Å²) < 4.78 is 12.4. The number of anilines is 1. The van der Waals surface area contributed by atoms with Crippen LogP contribution >= 0.6 is 0 Å². The zero-order valence-electron chi connectivity index (χ0n) is 15.2. The van der Waals surface area contributed by atoms with Gasteiger partial charge in [0.05, 0.1) is 18.3 Å². The van der Waals surface area contributed by atoms with E-state index in [1.165, 1.54) is 0 Å². The molecule has 1 aliphatic heterocycles. The van der Waals surface area contributed by atoms with Gasteiger partial charge in [0.25, 0.3) is 5.91 Å². The molecule has 8 nitrogen and oxygen atoms in total. The number of benzene rings is 1. The topological polar surface area (TPSA) is 90.3 Å². The van der Waals surface area contributed by atoms with Crippen molar-refractivity contribution in [3.05, 3.63) is 35.7 Å². The fourth-order valence-electron chi connectivity index (χ4n) is 3.05. The standard InChI is InChI=1S/C18H25N5O3/c1-13-17(21-22-23(13)15-6-8-19-9-7-15)18(24)20-14-4-3-5-16(12-14)26-11-10-25-2/h3-5,12,15,19H,6-11H2,1-2H3,(H,20,24). The molecule has 0 unspecified atom stereocenters. The van der Waals surface area contributed by atoms with E-state index in [2.05, 4.69) is 20.9 Å². The minimum Gasteiger partial charge on any atom is -0.491 e. The number of rotatable bonds is 7. The average molecular weight is 359 g/mol. The summed E-state index contributed by atoms with van der Waals surface area (Å²) in [5.74, 6) is 0.409. The van der Waals surface area contributed by atoms with Crippen LogP contribution in [0, 0.1) is 6.92 Å². The molecule has 1 aliphatic rings. The van der Waals surface area contributed by atoms with Crippen molar-refractivity contribution in [2.75, 3.05) is 38.7 Å². The number of nitrogens with one attached hydrogen (secondary N) is 2. The SMILES string of the molecule is COCCOc1cccc(NC(=O)c2nnn(C3CCNCC3)c2C)c1. The Morgan fingerprint density at radius 1 is 1.35 bits per heavy atom. The lowest BCUT2D eigenvalue weighted by Crippen LogP contribution is -2.30. The van der Waals surface area contributed by atoms with Crippen LogP contribution in [0.5, 0.6) is 5.75 Å². The van der Waals surface area contributed by atoms with Crippen LogP contribution in [-0.4, -0.2) is 54.3 Å². The zero-order chi connectivity index (χ0) is 18.4. The van der Waals surface area contributed by atoms with Gasteiger partial charge < -0.3 is 20.1 Å². The van der Waals surface area contributed by atoms with E-state index in [-0.39, 0.29) is 5.91 Å². The third-order valence-electron chi connectivity index (χ3n) is 4.45. The molecule has 3 rings (SSSR count). The number of carbonyl (C=O) groups is 1. The van der Waals surface area contributed by atoms with Crippen LogP contribution in [0.1, 0.15) is 35.1 Å². The molecule has 0 atom stereocenters. The van der Waals surface area contributed by atoms with Gasteiger partial charge in [0.2, 0.25) is 0 Å². The smallest absolute Gasteiger partial charge is 0.278 e. The maximum absolute atomic E-state index is 12.6. The number of nitrogens with zero attached hydrogens (tertiary/aromatic N) is 3. The Balaban J connectivity index is 1.66. The van der Waals surface area contributed by atoms with E-state index in [4.69, 9.17) is 9.47 Å². The Kier molecular flexibility index (Phi) is 6.19. The van der Waals surface area contributed by atoms with Crippen molar-refractivity contribution in [1.29, 1.82) is 0 Å². The Bertz CT molecular complexity index is 740. The molecule has 0 bridgehead atoms. The van der Waals surface area contributed by atoms with E-state index >= 15 is 0 Å². The summed E-state index contributed by atoms with van der Waals surface area (Å²) >= 11 is 0. The van der Waals surface area contributed by atoms with E-state index in [9.17, 15) is 4.79 Å². The predicted octanol–water partition coefficient (Wildman–Crippen LogP) is 1.79. The van der Waals surface area contributed by atoms with Crippen molar-refractivity contribution in [2.24, 2.45) is 0 Å². The molecule has 1 fully saturated rings. The first kappa shape index (κ1) is 18.3. The summed E-state index contributed by atoms with van der Waals surface area (Å²) in [5.41, 5.74) is 1.80. The van der Waals surface area contributed by atoms with Gasteiger partial charge in [-0.15, -0.1) is 5.10 Å². The van der Waals surface area contributed by atoms with E-state index in [0.29, 0.717) is 36.4 Å². The van der Waals surface area contributed by atoms with E-state index in [1.54, 1.807) is 13.2 Å². The molecule has 140 valence electrons. The summed E-state index contributed by atoms with van der Waals surface area (Å²) in [6, 6.07) is 7.55. The van der Waals surface area contributed by atoms with Crippen molar-refractivity contribution in [3.8, 4) is 5.75 Å². The summed E-state index contributed by atoms with van der Waals surface area (Å²) in [5, 5.41) is 14.5. The molecule has 0 aliphatic carbocycles. The summed E-state index contributed by atoms with van der Waals surface area (Å²) in [6.45, 7) is 4.77. The van der Waals surface area contributed by atoms with E-state index in [1.807, 2.05) is 29.8 Å². The van der Waals surface area contributed by atoms with Gasteiger partial charge in [-0.2, -0.15) is 0 Å². The second-order valence-corrected chi connectivity index (χ2v) is 6.27. The van der Waals surface area contributed by atoms with E-state index < -0.39 is 0 Å². The molecule has 1 amide bonds. The largest absolute Gasteiger partial charge is 0.491 e. The highest BCUT2D eigenvalue weighted by Crippen LogP contribution is 2.22. The Labute approximate surface area is 152 Å². The number of amides is 1. The number of aromatic nitrogens is 3. The van der Waals surface area contributed by atoms with Gasteiger partial charge >= 0.3 is 0 Å². The molecule has 0 spiro atoms. The predicted molar refractivity (Wildman–Crippen MR) is 97.7 cm³/mol. The van der Waals surface area contributed by atoms with Crippen molar-refractivity contribution in [1.82, 2.24) is 20.3 Å². The lowest BCUT2D eigenvalue weighted by Gasteiger charge is -2.23. The molecule has 26 heavy (non-hydrogen) atoms. The highest BCUT2D eigenvalue weighted by atomic mass is 16.5. The van der Waals surface area contributed by atoms with E-state index in [0.717, 1.165) is 31.6 Å². The minimum atomic E-state index is -0.267. The first-order valence-electron chi connectivity index (χ1n) is 8.84. The first-order chi connectivity index (χ1) is 12.7. The molecule has 1 saturated heterocycles. The maximum atomic E-state index is 12.6. The molecule has 1 aromatic carbocycles. The Morgan fingerprint density at radius 2 is 2.15 bits per heavy atom. The molecule has 1 aromatic heterocycles. The summed E-state index contributed by atoms with van der Waals surface area (Å²) in [4.78, 5) is 12.6. The lowest BCUT2D eigenvalue weighted by molar-refractivity contribution is 0.102. The van der Waals surface area contributed by atoms with Gasteiger partial charge in [-0.25, -0.2) is 4.68 Å². The van der Waals surface area contributed by atoms with Crippen LogP contribution in [0.2, 0.25) is 0 Å². The molecule has 2 N–H and O–H groups in total. The van der Waals surface area contributed by atoms with Gasteiger partial charge in [-0.1, -0.05) is 11.3 Å². The number of methoxy groups -OCH3 is 1. The Morgan fingerprint density at radius 3 is 2.92 bits per heavy atom. The molecular formula is C18H25N5O3. The second-order valence-electron chi connectivity index (χ2n) is 6.27. The van der Waals surface area contributed by atoms with Crippen LogP contribution in [0.3, 0.4) is 0 Å². The number of carbonyl (C=O) groups excluding carboxylic acids is 1. The number of piperidine rings is 1. The number of hydrogen-bond donors (Lipinski definition) is 2. The van der Waals surface area contributed by atoms with Crippen LogP contribution < -0.4 is 15.4 Å². The third kappa shape index (κ3) is 4.39. The number of hydrogen-bond acceptors (Lipinski definition) is 6. The van der Waals surface area contributed by atoms with Gasteiger partial charge in [0, 0.05) is 18.9 Å². The Hall–Kier alpha value is -2.45. The fourth-order valence-corrected chi connectivity index (χ4v) is 3.05. The van der Waals surface area contributed by atoms with Crippen molar-refractivity contribution in [2.45, 2.75) is 25.8 Å². The van der Waals surface area contributed by atoms with Crippen LogP contribution in [0.4, 0.5) is 5.69 Å². The van der Waals surface area contributed by atoms with Crippen LogP contribution in [-0.2, 0) is 4.74 Å². The average Bonchev–Trinajstić information content (AvgIpc) is 3.04. The number of ether oxygens (including phenoxy) is 2. The highest BCUT2D eigenvalue weighted by Gasteiger charge is 2.23. The van der Waals surface area contributed by atoms with Crippen molar-refractivity contribution < 1.29 is 14.3 Å². The van der Waals surface area contributed by atoms with Gasteiger partial charge in [-0.3, -0.25) is 4.79 Å². The second kappa shape index (κ2) is 8.77. The van der Waals surface area contributed by atoms with Gasteiger partial charge in [0.1, 0.15) is 12.4 Å². The van der Waals surface area contributed by atoms with Gasteiger partial charge in [0.15, 0.2) is 5.69 Å². The fraction of sp³-hybridized carbons (Fsp3) is 0.500. The maximum Gasteiger partial charge on any atom is 0.278 e. The molecule has 0 saturated carbocycles. The van der Waals surface area contributed by atoms with Crippen LogP contribution in [0.15, 0.2) is 24.3 Å². The monoisotopic (exact) mass is 359 g/mol. The summed E-state index contributed by atoms with van der Waals surface area (Å²) in [7, 11) is 1.62. The molecule has 8 heteroatoms. The quantitative estimate of drug-likeness (QED) is 0.733. The lowest BCUT2D eigenvalue weighted by atomic mass is 10.1. The first-order valence-corrected chi connectivity index (χ1v) is 8.84. The molecule has 2 heterocycles. The highest BCUT2D eigenvalue weighted by molar-refractivity contribution is 6.03. The van der Waals surface area contributed by atoms with Crippen LogP contribution in [0.25, 0.3) is 0 Å². The third-order valence-corrected chi connectivity index (χ3v) is 4.45. The van der Waals surface area contributed by atoms with Gasteiger partial charge in [-0.05, 0) is 45.0 Å². The minimum absolute atomic E-state index is 0.267. The molecular weight excluding hydrogens is 334 g/mol. The normalized spacial score (nSPS) is 15.0. The molecule has 0 radical (unpaired) electrons. The van der Waals surface area contributed by atoms with Crippen molar-refractivity contribution >= 4 is 11.6 Å². The zero-order valence-corrected chi connectivity index (χ0v) is 15.2.